The summed E-state index contributed by atoms with van der Waals surface area (Å²) in [5.74, 6) is -0.492. The highest BCUT2D eigenvalue weighted by atomic mass is 16.6. The molecule has 0 amide bonds. The lowest BCUT2D eigenvalue weighted by Gasteiger charge is -2.39. The molecular formula is C21H32O5. The summed E-state index contributed by atoms with van der Waals surface area (Å²) in [4.78, 5) is 37.8. The van der Waals surface area contributed by atoms with Crippen LogP contribution in [0.1, 0.15) is 79.6 Å². The first-order valence-corrected chi connectivity index (χ1v) is 9.93. The van der Waals surface area contributed by atoms with E-state index in [1.807, 2.05) is 27.7 Å². The van der Waals surface area contributed by atoms with E-state index in [1.165, 1.54) is 6.42 Å². The average molecular weight is 364 g/mol. The van der Waals surface area contributed by atoms with Gasteiger partial charge in [-0.2, -0.15) is 0 Å². The van der Waals surface area contributed by atoms with Gasteiger partial charge in [0, 0.05) is 5.41 Å². The van der Waals surface area contributed by atoms with E-state index in [1.54, 1.807) is 6.92 Å². The number of rotatable bonds is 5. The molecule has 3 atom stereocenters. The van der Waals surface area contributed by atoms with Gasteiger partial charge in [-0.3, -0.25) is 9.59 Å². The second-order valence-electron chi connectivity index (χ2n) is 9.56. The van der Waals surface area contributed by atoms with Gasteiger partial charge in [0.2, 0.25) is 5.60 Å². The Morgan fingerprint density at radius 1 is 1.15 bits per heavy atom. The number of ketones is 1. The Bertz CT molecular complexity index is 632. The van der Waals surface area contributed by atoms with E-state index in [2.05, 4.69) is 0 Å². The van der Waals surface area contributed by atoms with E-state index in [-0.39, 0.29) is 24.3 Å². The molecule has 0 N–H and O–H groups in total. The largest absolute Gasteiger partial charge is 0.462 e. The second kappa shape index (κ2) is 6.07. The number of carbonyl (C=O) groups excluding carboxylic acids is 3. The Balaban J connectivity index is 1.77. The van der Waals surface area contributed by atoms with Gasteiger partial charge in [-0.05, 0) is 52.4 Å². The first kappa shape index (κ1) is 19.4. The molecule has 5 nitrogen and oxygen atoms in total. The Labute approximate surface area is 156 Å². The van der Waals surface area contributed by atoms with Gasteiger partial charge < -0.3 is 9.47 Å². The molecule has 1 heterocycles. The van der Waals surface area contributed by atoms with Crippen LogP contribution in [0.2, 0.25) is 0 Å². The fourth-order valence-corrected chi connectivity index (χ4v) is 5.28. The molecule has 146 valence electrons. The second-order valence-corrected chi connectivity index (χ2v) is 9.56. The summed E-state index contributed by atoms with van der Waals surface area (Å²) in [5, 5.41) is 0. The smallest absolute Gasteiger partial charge is 0.351 e. The van der Waals surface area contributed by atoms with Crippen molar-refractivity contribution in [2.45, 2.75) is 85.2 Å². The Morgan fingerprint density at radius 2 is 1.77 bits per heavy atom. The van der Waals surface area contributed by atoms with E-state index >= 15 is 0 Å². The maximum Gasteiger partial charge on any atom is 0.351 e. The number of hydrogen-bond donors (Lipinski definition) is 0. The molecule has 0 spiro atoms. The summed E-state index contributed by atoms with van der Waals surface area (Å²) >= 11 is 0. The molecule has 2 aliphatic carbocycles. The molecule has 0 aromatic rings. The zero-order valence-corrected chi connectivity index (χ0v) is 16.8. The SMILES string of the molecule is CC(=O)C(C)(COC(=O)C12CCC(C)(C(=O)O1)C2(C)C)C1CCCCC1. The third kappa shape index (κ3) is 2.38. The Morgan fingerprint density at radius 3 is 2.23 bits per heavy atom. The molecule has 3 aliphatic rings. The number of carbonyl (C=O) groups is 3. The van der Waals surface area contributed by atoms with Gasteiger partial charge in [0.1, 0.15) is 12.4 Å². The van der Waals surface area contributed by atoms with Crippen molar-refractivity contribution in [3.8, 4) is 0 Å². The highest BCUT2D eigenvalue weighted by Crippen LogP contribution is 2.65. The molecule has 26 heavy (non-hydrogen) atoms. The molecule has 3 rings (SSSR count). The van der Waals surface area contributed by atoms with E-state index in [0.29, 0.717) is 12.8 Å². The predicted molar refractivity (Wildman–Crippen MR) is 96.3 cm³/mol. The van der Waals surface area contributed by atoms with Crippen molar-refractivity contribution in [3.05, 3.63) is 0 Å². The summed E-state index contributed by atoms with van der Waals surface area (Å²) in [6, 6.07) is 0. The molecule has 5 heteroatoms. The van der Waals surface area contributed by atoms with Gasteiger partial charge in [-0.1, -0.05) is 33.1 Å². The summed E-state index contributed by atoms with van der Waals surface area (Å²) < 4.78 is 11.3. The topological polar surface area (TPSA) is 69.7 Å². The van der Waals surface area contributed by atoms with Crippen LogP contribution in [0, 0.1) is 22.2 Å². The van der Waals surface area contributed by atoms with Gasteiger partial charge in [0.25, 0.3) is 0 Å². The zero-order valence-electron chi connectivity index (χ0n) is 16.8. The molecule has 2 saturated carbocycles. The summed E-state index contributed by atoms with van der Waals surface area (Å²) in [7, 11) is 0. The van der Waals surface area contributed by atoms with Crippen molar-refractivity contribution in [1.82, 2.24) is 0 Å². The average Bonchev–Trinajstić information content (AvgIpc) is 2.90. The molecule has 0 aromatic carbocycles. The maximum atomic E-state index is 13.1. The molecular weight excluding hydrogens is 332 g/mol. The molecule has 3 unspecified atom stereocenters. The van der Waals surface area contributed by atoms with Gasteiger partial charge in [-0.25, -0.2) is 4.79 Å². The Hall–Kier alpha value is -1.39. The van der Waals surface area contributed by atoms with Crippen LogP contribution in [-0.4, -0.2) is 29.9 Å². The summed E-state index contributed by atoms with van der Waals surface area (Å²) in [5.41, 5.74) is -3.16. The normalized spacial score (nSPS) is 35.7. The quantitative estimate of drug-likeness (QED) is 0.694. The Kier molecular flexibility index (Phi) is 4.52. The van der Waals surface area contributed by atoms with Crippen LogP contribution in [0.25, 0.3) is 0 Å². The van der Waals surface area contributed by atoms with Crippen LogP contribution >= 0.6 is 0 Å². The van der Waals surface area contributed by atoms with E-state index in [9.17, 15) is 14.4 Å². The van der Waals surface area contributed by atoms with E-state index < -0.39 is 27.8 Å². The number of hydrogen-bond acceptors (Lipinski definition) is 5. The molecule has 0 radical (unpaired) electrons. The fraction of sp³-hybridized carbons (Fsp3) is 0.857. The van der Waals surface area contributed by atoms with Crippen LogP contribution in [0.3, 0.4) is 0 Å². The third-order valence-electron chi connectivity index (χ3n) is 8.23. The van der Waals surface area contributed by atoms with Crippen molar-refractivity contribution in [2.24, 2.45) is 22.2 Å². The molecule has 0 aromatic heterocycles. The van der Waals surface area contributed by atoms with Crippen molar-refractivity contribution < 1.29 is 23.9 Å². The van der Waals surface area contributed by atoms with Crippen LogP contribution in [0.15, 0.2) is 0 Å². The molecule has 1 saturated heterocycles. The van der Waals surface area contributed by atoms with Gasteiger partial charge >= 0.3 is 11.9 Å². The number of esters is 2. The number of Topliss-reactive ketones (excluding diaryl/α,β-unsaturated/α-hetero) is 1. The van der Waals surface area contributed by atoms with E-state index in [4.69, 9.17) is 9.47 Å². The van der Waals surface area contributed by atoms with Crippen LogP contribution in [0.4, 0.5) is 0 Å². The van der Waals surface area contributed by atoms with Gasteiger partial charge in [-0.15, -0.1) is 0 Å². The fourth-order valence-electron chi connectivity index (χ4n) is 5.28. The molecule has 2 bridgehead atoms. The predicted octanol–water partition coefficient (Wildman–Crippen LogP) is 3.83. The number of ether oxygens (including phenoxy) is 2. The summed E-state index contributed by atoms with van der Waals surface area (Å²) in [6.07, 6.45) is 6.55. The van der Waals surface area contributed by atoms with Crippen molar-refractivity contribution in [1.29, 1.82) is 0 Å². The monoisotopic (exact) mass is 364 g/mol. The first-order chi connectivity index (χ1) is 12.0. The highest BCUT2D eigenvalue weighted by molar-refractivity contribution is 5.94. The minimum atomic E-state index is -1.22. The van der Waals surface area contributed by atoms with E-state index in [0.717, 1.165) is 25.7 Å². The maximum absolute atomic E-state index is 13.1. The lowest BCUT2D eigenvalue weighted by molar-refractivity contribution is -0.186. The lowest BCUT2D eigenvalue weighted by Crippen LogP contribution is -2.50. The lowest BCUT2D eigenvalue weighted by atomic mass is 9.66. The van der Waals surface area contributed by atoms with Gasteiger partial charge in [0.05, 0.1) is 10.8 Å². The van der Waals surface area contributed by atoms with Crippen LogP contribution < -0.4 is 0 Å². The number of fused-ring (bicyclic) bond motifs is 2. The minimum Gasteiger partial charge on any atom is -0.462 e. The third-order valence-corrected chi connectivity index (χ3v) is 8.23. The highest BCUT2D eigenvalue weighted by Gasteiger charge is 2.76. The minimum absolute atomic E-state index is 0.0636. The van der Waals surface area contributed by atoms with Crippen LogP contribution in [0.5, 0.6) is 0 Å². The standard InChI is InChI=1S/C21H32O5/c1-14(22)19(4,15-9-7-6-8-10-15)13-25-17(24)21-12-11-20(5,16(23)26-21)18(21,2)3/h15H,6-13H2,1-5H3. The van der Waals surface area contributed by atoms with Crippen molar-refractivity contribution in [3.63, 3.8) is 0 Å². The first-order valence-electron chi connectivity index (χ1n) is 9.93. The van der Waals surface area contributed by atoms with Gasteiger partial charge in [0.15, 0.2) is 0 Å². The molecule has 3 fully saturated rings. The summed E-state index contributed by atoms with van der Waals surface area (Å²) in [6.45, 7) is 9.28. The van der Waals surface area contributed by atoms with Crippen molar-refractivity contribution >= 4 is 17.7 Å². The van der Waals surface area contributed by atoms with Crippen LogP contribution in [-0.2, 0) is 23.9 Å². The molecule has 1 aliphatic heterocycles. The zero-order chi connectivity index (χ0) is 19.4. The van der Waals surface area contributed by atoms with Crippen molar-refractivity contribution in [2.75, 3.05) is 6.61 Å².